The highest BCUT2D eigenvalue weighted by Crippen LogP contribution is 2.21. The van der Waals surface area contributed by atoms with Crippen LogP contribution in [0.5, 0.6) is 0 Å². The normalized spacial score (nSPS) is 12.4. The minimum absolute atomic E-state index is 0.0417. The van der Waals surface area contributed by atoms with Gasteiger partial charge in [-0.2, -0.15) is 0 Å². The predicted molar refractivity (Wildman–Crippen MR) is 80.2 cm³/mol. The molecule has 2 nitrogen and oxygen atoms in total. The molecule has 0 spiro atoms. The molecule has 1 aromatic heterocycles. The van der Waals surface area contributed by atoms with Gasteiger partial charge in [-0.3, -0.25) is 4.98 Å². The van der Waals surface area contributed by atoms with Crippen LogP contribution < -0.4 is 5.73 Å². The molecule has 0 aliphatic rings. The Morgan fingerprint density at radius 2 is 1.95 bits per heavy atom. The van der Waals surface area contributed by atoms with E-state index in [1.54, 1.807) is 0 Å². The lowest BCUT2D eigenvalue weighted by molar-refractivity contribution is 0.709. The van der Waals surface area contributed by atoms with Crippen molar-refractivity contribution in [3.8, 4) is 0 Å². The Kier molecular flexibility index (Phi) is 4.33. The number of aromatic nitrogens is 1. The highest BCUT2D eigenvalue weighted by Gasteiger charge is 2.11. The Bertz CT molecular complexity index is 561. The molecular formula is C17H22N2. The fourth-order valence-corrected chi connectivity index (χ4v) is 2.39. The van der Waals surface area contributed by atoms with Gasteiger partial charge in [0.15, 0.2) is 0 Å². The first-order valence-corrected chi connectivity index (χ1v) is 6.86. The van der Waals surface area contributed by atoms with Gasteiger partial charge in [-0.15, -0.1) is 0 Å². The molecule has 1 unspecified atom stereocenters. The lowest BCUT2D eigenvalue weighted by Gasteiger charge is -2.16. The van der Waals surface area contributed by atoms with E-state index in [4.69, 9.17) is 5.73 Å². The maximum Gasteiger partial charge on any atom is 0.0339 e. The number of benzene rings is 1. The molecule has 0 bridgehead atoms. The van der Waals surface area contributed by atoms with Crippen LogP contribution in [0.4, 0.5) is 0 Å². The first kappa shape index (κ1) is 13.8. The van der Waals surface area contributed by atoms with Gasteiger partial charge in [-0.25, -0.2) is 0 Å². The van der Waals surface area contributed by atoms with E-state index in [2.05, 4.69) is 44.0 Å². The molecule has 0 saturated carbocycles. The summed E-state index contributed by atoms with van der Waals surface area (Å²) in [4.78, 5) is 4.18. The van der Waals surface area contributed by atoms with Gasteiger partial charge in [0.25, 0.3) is 0 Å². The third-order valence-corrected chi connectivity index (χ3v) is 3.75. The second kappa shape index (κ2) is 5.98. The number of rotatable bonds is 4. The van der Waals surface area contributed by atoms with Crippen molar-refractivity contribution in [3.05, 3.63) is 64.5 Å². The number of hydrogen-bond acceptors (Lipinski definition) is 2. The van der Waals surface area contributed by atoms with E-state index in [-0.39, 0.29) is 6.04 Å². The molecule has 2 aromatic rings. The summed E-state index contributed by atoms with van der Waals surface area (Å²) in [6.07, 6.45) is 5.60. The highest BCUT2D eigenvalue weighted by molar-refractivity contribution is 5.33. The zero-order valence-electron chi connectivity index (χ0n) is 12.0. The molecule has 0 fully saturated rings. The van der Waals surface area contributed by atoms with E-state index >= 15 is 0 Å². The minimum atomic E-state index is 0.0417. The lowest BCUT2D eigenvalue weighted by atomic mass is 9.94. The first-order valence-electron chi connectivity index (χ1n) is 6.86. The van der Waals surface area contributed by atoms with Crippen molar-refractivity contribution < 1.29 is 0 Å². The van der Waals surface area contributed by atoms with Crippen molar-refractivity contribution in [1.29, 1.82) is 0 Å². The van der Waals surface area contributed by atoms with Crippen molar-refractivity contribution in [2.75, 3.05) is 0 Å². The quantitative estimate of drug-likeness (QED) is 0.907. The third-order valence-electron chi connectivity index (χ3n) is 3.75. The van der Waals surface area contributed by atoms with Crippen molar-refractivity contribution in [1.82, 2.24) is 4.98 Å². The van der Waals surface area contributed by atoms with Crippen LogP contribution in [-0.4, -0.2) is 4.98 Å². The van der Waals surface area contributed by atoms with Gasteiger partial charge in [0.2, 0.25) is 0 Å². The molecule has 19 heavy (non-hydrogen) atoms. The maximum absolute atomic E-state index is 6.36. The zero-order chi connectivity index (χ0) is 13.8. The smallest absolute Gasteiger partial charge is 0.0339 e. The summed E-state index contributed by atoms with van der Waals surface area (Å²) < 4.78 is 0. The van der Waals surface area contributed by atoms with E-state index in [1.807, 2.05) is 18.5 Å². The van der Waals surface area contributed by atoms with E-state index in [9.17, 15) is 0 Å². The predicted octanol–water partition coefficient (Wildman–Crippen LogP) is 3.50. The molecule has 100 valence electrons. The van der Waals surface area contributed by atoms with Crippen LogP contribution in [0.25, 0.3) is 0 Å². The molecule has 0 amide bonds. The molecular weight excluding hydrogens is 232 g/mol. The molecule has 0 aliphatic heterocycles. The van der Waals surface area contributed by atoms with Gasteiger partial charge in [-0.1, -0.05) is 25.1 Å². The number of nitrogens with two attached hydrogens (primary N) is 1. The Balaban J connectivity index is 2.20. The van der Waals surface area contributed by atoms with E-state index in [0.717, 1.165) is 12.8 Å². The minimum Gasteiger partial charge on any atom is -0.324 e. The summed E-state index contributed by atoms with van der Waals surface area (Å²) in [6.45, 7) is 6.43. The van der Waals surface area contributed by atoms with E-state index in [1.165, 1.54) is 27.8 Å². The summed E-state index contributed by atoms with van der Waals surface area (Å²) in [6, 6.07) is 8.67. The maximum atomic E-state index is 6.36. The molecule has 2 heteroatoms. The average Bonchev–Trinajstić information content (AvgIpc) is 2.43. The van der Waals surface area contributed by atoms with Gasteiger partial charge in [-0.05, 0) is 60.6 Å². The lowest BCUT2D eigenvalue weighted by Crippen LogP contribution is -2.15. The second-order valence-corrected chi connectivity index (χ2v) is 5.16. The monoisotopic (exact) mass is 254 g/mol. The number of nitrogens with zero attached hydrogens (tertiary/aromatic N) is 1. The van der Waals surface area contributed by atoms with Crippen LogP contribution in [0, 0.1) is 13.8 Å². The van der Waals surface area contributed by atoms with Crippen LogP contribution in [0.2, 0.25) is 0 Å². The molecule has 2 N–H and O–H groups in total. The average molecular weight is 254 g/mol. The Morgan fingerprint density at radius 3 is 2.63 bits per heavy atom. The van der Waals surface area contributed by atoms with Crippen LogP contribution in [-0.2, 0) is 12.8 Å². The second-order valence-electron chi connectivity index (χ2n) is 5.16. The van der Waals surface area contributed by atoms with Crippen molar-refractivity contribution in [2.45, 2.75) is 39.7 Å². The molecule has 0 saturated heterocycles. The summed E-state index contributed by atoms with van der Waals surface area (Å²) in [5, 5.41) is 0. The molecule has 0 aliphatic carbocycles. The number of hydrogen-bond donors (Lipinski definition) is 1. The highest BCUT2D eigenvalue weighted by atomic mass is 14.7. The van der Waals surface area contributed by atoms with Gasteiger partial charge in [0, 0.05) is 18.4 Å². The fraction of sp³-hybridized carbons (Fsp3) is 0.353. The summed E-state index contributed by atoms with van der Waals surface area (Å²) in [5.41, 5.74) is 12.8. The topological polar surface area (TPSA) is 38.9 Å². The summed E-state index contributed by atoms with van der Waals surface area (Å²) in [7, 11) is 0. The fourth-order valence-electron chi connectivity index (χ4n) is 2.39. The van der Waals surface area contributed by atoms with Crippen LogP contribution in [0.1, 0.15) is 40.8 Å². The molecule has 2 rings (SSSR count). The number of pyridine rings is 1. The summed E-state index contributed by atoms with van der Waals surface area (Å²) >= 11 is 0. The molecule has 1 atom stereocenters. The first-order chi connectivity index (χ1) is 9.11. The van der Waals surface area contributed by atoms with Crippen molar-refractivity contribution in [3.63, 3.8) is 0 Å². The number of aryl methyl sites for hydroxylation is 3. The SMILES string of the molecule is CCc1cnccc1C(N)Cc1ccc(C)c(C)c1. The molecule has 1 aromatic carbocycles. The van der Waals surface area contributed by atoms with Crippen LogP contribution in [0.15, 0.2) is 36.7 Å². The van der Waals surface area contributed by atoms with E-state index < -0.39 is 0 Å². The standard InChI is InChI=1S/C17H22N2/c1-4-15-11-19-8-7-16(15)17(18)10-14-6-5-12(2)13(3)9-14/h5-9,11,17H,4,10,18H2,1-3H3. The Hall–Kier alpha value is -1.67. The van der Waals surface area contributed by atoms with Crippen LogP contribution in [0.3, 0.4) is 0 Å². The summed E-state index contributed by atoms with van der Waals surface area (Å²) in [5.74, 6) is 0. The van der Waals surface area contributed by atoms with Gasteiger partial charge in [0.05, 0.1) is 0 Å². The Labute approximate surface area is 115 Å². The zero-order valence-corrected chi connectivity index (χ0v) is 12.0. The van der Waals surface area contributed by atoms with Crippen LogP contribution >= 0.6 is 0 Å². The van der Waals surface area contributed by atoms with Crippen molar-refractivity contribution in [2.24, 2.45) is 5.73 Å². The van der Waals surface area contributed by atoms with Crippen molar-refractivity contribution >= 4 is 0 Å². The van der Waals surface area contributed by atoms with Gasteiger partial charge >= 0.3 is 0 Å². The molecule has 0 radical (unpaired) electrons. The van der Waals surface area contributed by atoms with Gasteiger partial charge in [0.1, 0.15) is 0 Å². The third kappa shape index (κ3) is 3.21. The van der Waals surface area contributed by atoms with Gasteiger partial charge < -0.3 is 5.73 Å². The molecule has 1 heterocycles. The Morgan fingerprint density at radius 1 is 1.16 bits per heavy atom. The van der Waals surface area contributed by atoms with E-state index in [0.29, 0.717) is 0 Å². The largest absolute Gasteiger partial charge is 0.324 e.